The SMILES string of the molecule is O=[N+]([O-])c1cc(-c2noc(-c3ccc(C(F)(F)F)nc3)n2)cc(O)c1O. The molecule has 0 amide bonds. The summed E-state index contributed by atoms with van der Waals surface area (Å²) in [5.41, 5.74) is -1.82. The molecule has 2 N–H and O–H groups in total. The first-order valence-corrected chi connectivity index (χ1v) is 6.75. The van der Waals surface area contributed by atoms with Crippen molar-refractivity contribution in [3.05, 3.63) is 46.3 Å². The maximum absolute atomic E-state index is 12.5. The molecule has 3 aromatic rings. The van der Waals surface area contributed by atoms with Gasteiger partial charge in [0, 0.05) is 17.8 Å². The van der Waals surface area contributed by atoms with Crippen molar-refractivity contribution >= 4 is 5.69 Å². The minimum Gasteiger partial charge on any atom is -0.504 e. The molecular weight excluding hydrogens is 361 g/mol. The minimum atomic E-state index is -4.60. The summed E-state index contributed by atoms with van der Waals surface area (Å²) in [4.78, 5) is 17.1. The Morgan fingerprint density at radius 1 is 1.15 bits per heavy atom. The number of pyridine rings is 1. The first-order chi connectivity index (χ1) is 12.2. The first-order valence-electron chi connectivity index (χ1n) is 6.75. The van der Waals surface area contributed by atoms with Gasteiger partial charge in [-0.2, -0.15) is 18.2 Å². The predicted octanol–water partition coefficient (Wildman–Crippen LogP) is 3.14. The van der Waals surface area contributed by atoms with Gasteiger partial charge in [-0.25, -0.2) is 0 Å². The number of rotatable bonds is 3. The lowest BCUT2D eigenvalue weighted by atomic mass is 10.1. The second kappa shape index (κ2) is 5.98. The van der Waals surface area contributed by atoms with Gasteiger partial charge in [-0.15, -0.1) is 0 Å². The van der Waals surface area contributed by atoms with Crippen molar-refractivity contribution in [1.82, 2.24) is 15.1 Å². The number of nitrogens with zero attached hydrogens (tertiary/aromatic N) is 4. The average Bonchev–Trinajstić information content (AvgIpc) is 3.06. The van der Waals surface area contributed by atoms with Crippen LogP contribution >= 0.6 is 0 Å². The van der Waals surface area contributed by atoms with E-state index in [0.717, 1.165) is 30.5 Å². The van der Waals surface area contributed by atoms with Crippen molar-refractivity contribution in [2.45, 2.75) is 6.18 Å². The fourth-order valence-corrected chi connectivity index (χ4v) is 2.02. The third-order valence-electron chi connectivity index (χ3n) is 3.25. The summed E-state index contributed by atoms with van der Waals surface area (Å²) in [6, 6.07) is 3.69. The third kappa shape index (κ3) is 3.11. The number of phenols is 2. The molecule has 0 saturated carbocycles. The Labute approximate surface area is 141 Å². The van der Waals surface area contributed by atoms with E-state index in [-0.39, 0.29) is 22.8 Å². The smallest absolute Gasteiger partial charge is 0.433 e. The fourth-order valence-electron chi connectivity index (χ4n) is 2.02. The lowest BCUT2D eigenvalue weighted by molar-refractivity contribution is -0.385. The normalized spacial score (nSPS) is 11.5. The fraction of sp³-hybridized carbons (Fsp3) is 0.0714. The van der Waals surface area contributed by atoms with Crippen LogP contribution in [0.5, 0.6) is 11.5 Å². The van der Waals surface area contributed by atoms with Crippen LogP contribution in [-0.2, 0) is 6.18 Å². The van der Waals surface area contributed by atoms with Crippen LogP contribution in [0.4, 0.5) is 18.9 Å². The van der Waals surface area contributed by atoms with Crippen LogP contribution in [0.25, 0.3) is 22.8 Å². The van der Waals surface area contributed by atoms with E-state index in [4.69, 9.17) is 4.52 Å². The van der Waals surface area contributed by atoms with E-state index < -0.39 is 34.0 Å². The summed E-state index contributed by atoms with van der Waals surface area (Å²) in [5, 5.41) is 33.4. The summed E-state index contributed by atoms with van der Waals surface area (Å²) in [6.45, 7) is 0. The van der Waals surface area contributed by atoms with Gasteiger partial charge in [0.1, 0.15) is 5.69 Å². The molecule has 0 fully saturated rings. The Hall–Kier alpha value is -3.70. The maximum atomic E-state index is 12.5. The summed E-state index contributed by atoms with van der Waals surface area (Å²) < 4.78 is 42.4. The molecule has 0 aliphatic rings. The van der Waals surface area contributed by atoms with Crippen molar-refractivity contribution in [2.75, 3.05) is 0 Å². The number of alkyl halides is 3. The Kier molecular flexibility index (Phi) is 3.94. The quantitative estimate of drug-likeness (QED) is 0.409. The van der Waals surface area contributed by atoms with Gasteiger partial charge in [0.2, 0.25) is 11.6 Å². The van der Waals surface area contributed by atoms with Crippen molar-refractivity contribution in [1.29, 1.82) is 0 Å². The van der Waals surface area contributed by atoms with Crippen molar-refractivity contribution in [3.8, 4) is 34.3 Å². The van der Waals surface area contributed by atoms with Crippen molar-refractivity contribution in [2.24, 2.45) is 0 Å². The van der Waals surface area contributed by atoms with E-state index in [2.05, 4.69) is 15.1 Å². The number of aromatic nitrogens is 3. The van der Waals surface area contributed by atoms with E-state index >= 15 is 0 Å². The standard InChI is InChI=1S/C14H7F3N4O5/c15-14(16,17)10-2-1-6(5-18-10)13-19-12(20-26-13)7-3-8(21(24)25)11(23)9(22)4-7/h1-5,22-23H. The molecule has 134 valence electrons. The first kappa shape index (κ1) is 17.1. The van der Waals surface area contributed by atoms with Crippen LogP contribution in [-0.4, -0.2) is 30.3 Å². The number of phenolic OH excluding ortho intramolecular Hbond substituents is 2. The molecule has 0 spiro atoms. The van der Waals surface area contributed by atoms with Crippen molar-refractivity contribution < 1.29 is 32.8 Å². The Bertz CT molecular complexity index is 985. The lowest BCUT2D eigenvalue weighted by Gasteiger charge is -2.04. The van der Waals surface area contributed by atoms with E-state index in [1.807, 2.05) is 0 Å². The average molecular weight is 368 g/mol. The van der Waals surface area contributed by atoms with Crippen LogP contribution in [0.1, 0.15) is 5.69 Å². The molecule has 12 heteroatoms. The van der Waals surface area contributed by atoms with Crippen LogP contribution in [0.2, 0.25) is 0 Å². The van der Waals surface area contributed by atoms with Gasteiger partial charge in [0.15, 0.2) is 5.75 Å². The molecule has 2 heterocycles. The van der Waals surface area contributed by atoms with Crippen molar-refractivity contribution in [3.63, 3.8) is 0 Å². The largest absolute Gasteiger partial charge is 0.504 e. The molecule has 2 aromatic heterocycles. The summed E-state index contributed by atoms with van der Waals surface area (Å²) in [7, 11) is 0. The van der Waals surface area contributed by atoms with Gasteiger partial charge in [-0.3, -0.25) is 15.1 Å². The Morgan fingerprint density at radius 2 is 1.88 bits per heavy atom. The third-order valence-corrected chi connectivity index (χ3v) is 3.25. The predicted molar refractivity (Wildman–Crippen MR) is 78.0 cm³/mol. The number of hydrogen-bond donors (Lipinski definition) is 2. The molecule has 0 aliphatic heterocycles. The summed E-state index contributed by atoms with van der Waals surface area (Å²) >= 11 is 0. The number of hydrogen-bond acceptors (Lipinski definition) is 8. The van der Waals surface area contributed by atoms with E-state index in [1.165, 1.54) is 0 Å². The van der Waals surface area contributed by atoms with Crippen LogP contribution < -0.4 is 0 Å². The number of halogens is 3. The van der Waals surface area contributed by atoms with Gasteiger partial charge in [-0.05, 0) is 18.2 Å². The molecule has 9 nitrogen and oxygen atoms in total. The molecular formula is C14H7F3N4O5. The molecule has 0 atom stereocenters. The Balaban J connectivity index is 1.97. The van der Waals surface area contributed by atoms with Gasteiger partial charge in [0.25, 0.3) is 5.89 Å². The van der Waals surface area contributed by atoms with Crippen LogP contribution in [0, 0.1) is 10.1 Å². The molecule has 0 unspecified atom stereocenters. The highest BCUT2D eigenvalue weighted by molar-refractivity contribution is 5.69. The van der Waals surface area contributed by atoms with Gasteiger partial charge in [0.05, 0.1) is 10.5 Å². The molecule has 0 bridgehead atoms. The van der Waals surface area contributed by atoms with E-state index in [1.54, 1.807) is 0 Å². The molecule has 26 heavy (non-hydrogen) atoms. The Morgan fingerprint density at radius 3 is 2.46 bits per heavy atom. The maximum Gasteiger partial charge on any atom is 0.433 e. The molecule has 0 radical (unpaired) electrons. The molecule has 0 aliphatic carbocycles. The number of nitro groups is 1. The highest BCUT2D eigenvalue weighted by Gasteiger charge is 2.32. The van der Waals surface area contributed by atoms with E-state index in [9.17, 15) is 33.5 Å². The highest BCUT2D eigenvalue weighted by Crippen LogP contribution is 2.39. The summed E-state index contributed by atoms with van der Waals surface area (Å²) in [5.74, 6) is -2.05. The highest BCUT2D eigenvalue weighted by atomic mass is 19.4. The van der Waals surface area contributed by atoms with Crippen LogP contribution in [0.3, 0.4) is 0 Å². The van der Waals surface area contributed by atoms with Gasteiger partial charge in [-0.1, -0.05) is 5.16 Å². The monoisotopic (exact) mass is 368 g/mol. The van der Waals surface area contributed by atoms with Crippen LogP contribution in [0.15, 0.2) is 35.0 Å². The second-order valence-electron chi connectivity index (χ2n) is 4.97. The molecule has 3 rings (SSSR count). The van der Waals surface area contributed by atoms with Gasteiger partial charge >= 0.3 is 11.9 Å². The number of nitro benzene ring substituents is 1. The van der Waals surface area contributed by atoms with E-state index in [0.29, 0.717) is 0 Å². The van der Waals surface area contributed by atoms with Gasteiger partial charge < -0.3 is 14.7 Å². The zero-order valence-corrected chi connectivity index (χ0v) is 12.4. The molecule has 1 aromatic carbocycles. The lowest BCUT2D eigenvalue weighted by Crippen LogP contribution is -2.07. The number of benzene rings is 1. The zero-order chi connectivity index (χ0) is 19.1. The molecule has 0 saturated heterocycles. The zero-order valence-electron chi connectivity index (χ0n) is 12.4. The topological polar surface area (TPSA) is 135 Å². The second-order valence-corrected chi connectivity index (χ2v) is 4.97. The number of aromatic hydroxyl groups is 2. The minimum absolute atomic E-state index is 0.0399. The summed E-state index contributed by atoms with van der Waals surface area (Å²) in [6.07, 6.45) is -3.71.